The van der Waals surface area contributed by atoms with Gasteiger partial charge in [0.15, 0.2) is 0 Å². The number of halogens is 1. The lowest BCUT2D eigenvalue weighted by Crippen LogP contribution is -2.44. The summed E-state index contributed by atoms with van der Waals surface area (Å²) in [6, 6.07) is 1.86. The maximum atomic E-state index is 5.85. The van der Waals surface area contributed by atoms with Gasteiger partial charge in [-0.1, -0.05) is 6.92 Å². The van der Waals surface area contributed by atoms with Crippen LogP contribution in [0.2, 0.25) is 0 Å². The minimum absolute atomic E-state index is 0.0412. The average Bonchev–Trinajstić information content (AvgIpc) is 2.44. The predicted molar refractivity (Wildman–Crippen MR) is 75.2 cm³/mol. The molecule has 1 aliphatic rings. The molecule has 6 heteroatoms. The Bertz CT molecular complexity index is 417. The summed E-state index contributed by atoms with van der Waals surface area (Å²) in [5.41, 5.74) is 0.907. The van der Waals surface area contributed by atoms with Gasteiger partial charge >= 0.3 is 0 Å². The van der Waals surface area contributed by atoms with Crippen molar-refractivity contribution in [3.63, 3.8) is 0 Å². The highest BCUT2D eigenvalue weighted by atomic mass is 35.5. The van der Waals surface area contributed by atoms with E-state index in [0.29, 0.717) is 30.9 Å². The summed E-state index contributed by atoms with van der Waals surface area (Å²) >= 11 is 5.85. The van der Waals surface area contributed by atoms with Gasteiger partial charge in [-0.2, -0.15) is 4.98 Å². The molecule has 0 N–H and O–H groups in total. The lowest BCUT2D eigenvalue weighted by atomic mass is 10.3. The van der Waals surface area contributed by atoms with Crippen molar-refractivity contribution in [1.82, 2.24) is 9.97 Å². The second kappa shape index (κ2) is 6.91. The molecule has 0 radical (unpaired) electrons. The number of hydrogen-bond acceptors (Lipinski definition) is 5. The van der Waals surface area contributed by atoms with E-state index in [1.54, 1.807) is 0 Å². The summed E-state index contributed by atoms with van der Waals surface area (Å²) in [6.07, 6.45) is 1.00. The zero-order valence-corrected chi connectivity index (χ0v) is 12.2. The number of nitrogens with zero attached hydrogens (tertiary/aromatic N) is 3. The fourth-order valence-corrected chi connectivity index (χ4v) is 2.13. The first-order chi connectivity index (χ1) is 9.22. The molecule has 2 rings (SSSR count). The van der Waals surface area contributed by atoms with E-state index >= 15 is 0 Å². The van der Waals surface area contributed by atoms with Crippen LogP contribution in [0, 0.1) is 6.92 Å². The second-order valence-corrected chi connectivity index (χ2v) is 4.90. The van der Waals surface area contributed by atoms with Crippen LogP contribution in [0.3, 0.4) is 0 Å². The molecule has 1 aromatic heterocycles. The number of aryl methyl sites for hydroxylation is 1. The molecule has 1 atom stereocenters. The average molecular weight is 286 g/mol. The van der Waals surface area contributed by atoms with Crippen LogP contribution in [0.15, 0.2) is 6.07 Å². The van der Waals surface area contributed by atoms with Gasteiger partial charge in [-0.25, -0.2) is 4.98 Å². The van der Waals surface area contributed by atoms with Crippen LogP contribution in [0.25, 0.3) is 0 Å². The zero-order valence-electron chi connectivity index (χ0n) is 11.4. The third-order valence-electron chi connectivity index (χ3n) is 2.87. The van der Waals surface area contributed by atoms with Crippen molar-refractivity contribution < 1.29 is 9.47 Å². The molecule has 5 nitrogen and oxygen atoms in total. The van der Waals surface area contributed by atoms with Gasteiger partial charge in [-0.05, 0) is 13.3 Å². The monoisotopic (exact) mass is 285 g/mol. The van der Waals surface area contributed by atoms with Crippen molar-refractivity contribution in [2.45, 2.75) is 26.4 Å². The standard InChI is InChI=1S/C13H20ClN3O2/c1-3-5-19-12-7-10(2)15-13(16-12)17-4-6-18-11(8-14)9-17/h7,11H,3-6,8-9H2,1-2H3. The Hall–Kier alpha value is -1.07. The van der Waals surface area contributed by atoms with E-state index in [-0.39, 0.29) is 6.10 Å². The summed E-state index contributed by atoms with van der Waals surface area (Å²) in [5.74, 6) is 1.82. The molecule has 0 bridgehead atoms. The number of aromatic nitrogens is 2. The normalized spacial score (nSPS) is 19.5. The first-order valence-electron chi connectivity index (χ1n) is 6.64. The Kier molecular flexibility index (Phi) is 5.22. The van der Waals surface area contributed by atoms with Gasteiger partial charge < -0.3 is 14.4 Å². The molecule has 106 valence electrons. The molecule has 2 heterocycles. The van der Waals surface area contributed by atoms with Crippen molar-refractivity contribution in [2.75, 3.05) is 37.1 Å². The number of anilines is 1. The summed E-state index contributed by atoms with van der Waals surface area (Å²) in [4.78, 5) is 11.0. The topological polar surface area (TPSA) is 47.5 Å². The molecule has 19 heavy (non-hydrogen) atoms. The molecule has 1 aliphatic heterocycles. The summed E-state index contributed by atoms with van der Waals surface area (Å²) < 4.78 is 11.1. The smallest absolute Gasteiger partial charge is 0.229 e. The third-order valence-corrected chi connectivity index (χ3v) is 3.21. The first kappa shape index (κ1) is 14.3. The zero-order chi connectivity index (χ0) is 13.7. The highest BCUT2D eigenvalue weighted by Crippen LogP contribution is 2.18. The van der Waals surface area contributed by atoms with Gasteiger partial charge in [0, 0.05) is 24.8 Å². The quantitative estimate of drug-likeness (QED) is 0.775. The number of ether oxygens (including phenoxy) is 2. The summed E-state index contributed by atoms with van der Waals surface area (Å²) in [6.45, 7) is 6.85. The molecule has 1 fully saturated rings. The highest BCUT2D eigenvalue weighted by Gasteiger charge is 2.22. The molecule has 0 amide bonds. The van der Waals surface area contributed by atoms with Crippen LogP contribution in [-0.4, -0.2) is 48.3 Å². The molecular weight excluding hydrogens is 266 g/mol. The van der Waals surface area contributed by atoms with Crippen LogP contribution in [0.1, 0.15) is 19.0 Å². The van der Waals surface area contributed by atoms with E-state index < -0.39 is 0 Å². The molecule has 0 spiro atoms. The van der Waals surface area contributed by atoms with Gasteiger partial charge in [0.2, 0.25) is 11.8 Å². The van der Waals surface area contributed by atoms with Gasteiger partial charge in [0.1, 0.15) is 0 Å². The van der Waals surface area contributed by atoms with Crippen LogP contribution in [-0.2, 0) is 4.74 Å². The van der Waals surface area contributed by atoms with Crippen molar-refractivity contribution in [1.29, 1.82) is 0 Å². The SMILES string of the molecule is CCCOc1cc(C)nc(N2CCOC(CCl)C2)n1. The highest BCUT2D eigenvalue weighted by molar-refractivity contribution is 6.18. The van der Waals surface area contributed by atoms with Gasteiger partial charge in [0.25, 0.3) is 0 Å². The Morgan fingerprint density at radius 3 is 3.11 bits per heavy atom. The maximum absolute atomic E-state index is 5.85. The second-order valence-electron chi connectivity index (χ2n) is 4.59. The van der Waals surface area contributed by atoms with Gasteiger partial charge in [-0.3, -0.25) is 0 Å². The van der Waals surface area contributed by atoms with Gasteiger partial charge in [-0.15, -0.1) is 11.6 Å². The minimum atomic E-state index is 0.0412. The summed E-state index contributed by atoms with van der Waals surface area (Å²) in [7, 11) is 0. The molecule has 1 saturated heterocycles. The molecule has 1 unspecified atom stereocenters. The molecule has 0 aliphatic carbocycles. The number of hydrogen-bond donors (Lipinski definition) is 0. The first-order valence-corrected chi connectivity index (χ1v) is 7.17. The largest absolute Gasteiger partial charge is 0.478 e. The van der Waals surface area contributed by atoms with E-state index in [2.05, 4.69) is 21.8 Å². The number of morpholine rings is 1. The predicted octanol–water partition coefficient (Wildman–Crippen LogP) is 2.02. The van der Waals surface area contributed by atoms with Crippen LogP contribution in [0.4, 0.5) is 5.95 Å². The van der Waals surface area contributed by atoms with Crippen molar-refractivity contribution in [2.24, 2.45) is 0 Å². The molecule has 0 aromatic carbocycles. The van der Waals surface area contributed by atoms with Crippen LogP contribution >= 0.6 is 11.6 Å². The summed E-state index contributed by atoms with van der Waals surface area (Å²) in [5, 5.41) is 0. The Balaban J connectivity index is 2.11. The number of alkyl halides is 1. The Morgan fingerprint density at radius 1 is 1.53 bits per heavy atom. The van der Waals surface area contributed by atoms with Crippen molar-refractivity contribution in [3.05, 3.63) is 11.8 Å². The van der Waals surface area contributed by atoms with Crippen LogP contribution < -0.4 is 9.64 Å². The third kappa shape index (κ3) is 3.94. The lowest BCUT2D eigenvalue weighted by Gasteiger charge is -2.32. The lowest BCUT2D eigenvalue weighted by molar-refractivity contribution is 0.0548. The van der Waals surface area contributed by atoms with E-state index in [9.17, 15) is 0 Å². The van der Waals surface area contributed by atoms with E-state index in [0.717, 1.165) is 25.2 Å². The minimum Gasteiger partial charge on any atom is -0.478 e. The maximum Gasteiger partial charge on any atom is 0.229 e. The van der Waals surface area contributed by atoms with E-state index in [1.165, 1.54) is 0 Å². The molecule has 1 aromatic rings. The van der Waals surface area contributed by atoms with Gasteiger partial charge in [0.05, 0.1) is 25.2 Å². The molecular formula is C13H20ClN3O2. The van der Waals surface area contributed by atoms with Crippen molar-refractivity contribution >= 4 is 17.5 Å². The molecule has 0 saturated carbocycles. The Morgan fingerprint density at radius 2 is 2.37 bits per heavy atom. The van der Waals surface area contributed by atoms with E-state index in [1.807, 2.05) is 13.0 Å². The van der Waals surface area contributed by atoms with Crippen molar-refractivity contribution in [3.8, 4) is 5.88 Å². The Labute approximate surface area is 118 Å². The van der Waals surface area contributed by atoms with E-state index in [4.69, 9.17) is 21.1 Å². The number of rotatable bonds is 5. The fraction of sp³-hybridized carbons (Fsp3) is 0.692. The fourth-order valence-electron chi connectivity index (χ4n) is 1.94. The van der Waals surface area contributed by atoms with Crippen LogP contribution in [0.5, 0.6) is 5.88 Å².